The lowest BCUT2D eigenvalue weighted by Crippen LogP contribution is -2.20. The molecule has 3 heteroatoms. The zero-order valence-corrected chi connectivity index (χ0v) is 9.58. The van der Waals surface area contributed by atoms with E-state index in [0.29, 0.717) is 13.0 Å². The van der Waals surface area contributed by atoms with E-state index in [0.717, 1.165) is 17.5 Å². The summed E-state index contributed by atoms with van der Waals surface area (Å²) >= 11 is 0. The zero-order chi connectivity index (χ0) is 11.6. The molecule has 2 N–H and O–H groups in total. The Morgan fingerprint density at radius 1 is 1.44 bits per heavy atom. The molecular weight excluding hydrogens is 205 g/mol. The summed E-state index contributed by atoms with van der Waals surface area (Å²) in [6.07, 6.45) is 1.29. The van der Waals surface area contributed by atoms with E-state index < -0.39 is 5.67 Å². The molecule has 88 valence electrons. The van der Waals surface area contributed by atoms with Crippen LogP contribution >= 0.6 is 0 Å². The Morgan fingerprint density at radius 3 is 2.62 bits per heavy atom. The molecule has 1 aliphatic rings. The van der Waals surface area contributed by atoms with Gasteiger partial charge >= 0.3 is 0 Å². The van der Waals surface area contributed by atoms with E-state index in [1.807, 2.05) is 31.2 Å². The van der Waals surface area contributed by atoms with Gasteiger partial charge < -0.3 is 10.5 Å². The average molecular weight is 223 g/mol. The molecule has 2 atom stereocenters. The van der Waals surface area contributed by atoms with Gasteiger partial charge in [-0.25, -0.2) is 4.39 Å². The number of rotatable bonds is 3. The van der Waals surface area contributed by atoms with Gasteiger partial charge in [0.2, 0.25) is 0 Å². The van der Waals surface area contributed by atoms with Crippen LogP contribution < -0.4 is 5.73 Å². The third-order valence-corrected chi connectivity index (χ3v) is 3.00. The van der Waals surface area contributed by atoms with Crippen LogP contribution in [0.5, 0.6) is 0 Å². The lowest BCUT2D eigenvalue weighted by atomic mass is 9.93. The van der Waals surface area contributed by atoms with E-state index in [1.165, 1.54) is 0 Å². The van der Waals surface area contributed by atoms with E-state index in [4.69, 9.17) is 10.5 Å². The Hall–Kier alpha value is -0.930. The van der Waals surface area contributed by atoms with E-state index in [9.17, 15) is 4.39 Å². The predicted molar refractivity (Wildman–Crippen MR) is 62.0 cm³/mol. The van der Waals surface area contributed by atoms with Crippen molar-refractivity contribution in [3.05, 3.63) is 35.4 Å². The van der Waals surface area contributed by atoms with E-state index in [-0.39, 0.29) is 12.6 Å². The number of halogens is 1. The van der Waals surface area contributed by atoms with Crippen molar-refractivity contribution in [1.29, 1.82) is 0 Å². The van der Waals surface area contributed by atoms with Gasteiger partial charge in [0, 0.05) is 12.5 Å². The summed E-state index contributed by atoms with van der Waals surface area (Å²) in [5.41, 5.74) is 6.31. The van der Waals surface area contributed by atoms with Gasteiger partial charge in [0.05, 0.1) is 13.2 Å². The molecule has 1 aliphatic heterocycles. The summed E-state index contributed by atoms with van der Waals surface area (Å²) in [6, 6.07) is 7.76. The molecular formula is C13H18FNO. The Bertz CT molecular complexity index is 341. The summed E-state index contributed by atoms with van der Waals surface area (Å²) in [4.78, 5) is 0. The van der Waals surface area contributed by atoms with Crippen LogP contribution in [0.1, 0.15) is 24.5 Å². The van der Waals surface area contributed by atoms with E-state index >= 15 is 0 Å². The minimum Gasteiger partial charge on any atom is -0.378 e. The molecule has 0 radical (unpaired) electrons. The number of nitrogens with two attached hydrogens (primary N) is 1. The lowest BCUT2D eigenvalue weighted by Gasteiger charge is -2.18. The Morgan fingerprint density at radius 2 is 2.12 bits per heavy atom. The predicted octanol–water partition coefficient (Wildman–Crippen LogP) is 2.16. The molecule has 2 rings (SSSR count). The fourth-order valence-corrected chi connectivity index (χ4v) is 2.08. The second kappa shape index (κ2) is 4.52. The van der Waals surface area contributed by atoms with Gasteiger partial charge in [-0.2, -0.15) is 0 Å². The van der Waals surface area contributed by atoms with Gasteiger partial charge in [0.15, 0.2) is 5.67 Å². The second-order valence-electron chi connectivity index (χ2n) is 4.65. The van der Waals surface area contributed by atoms with E-state index in [1.54, 1.807) is 0 Å². The highest BCUT2D eigenvalue weighted by molar-refractivity contribution is 5.28. The second-order valence-corrected chi connectivity index (χ2v) is 4.65. The normalized spacial score (nSPS) is 26.9. The standard InChI is InChI=1S/C13H18FNO/c1-10(15)8-11-2-4-12(5-3-11)13(14)6-7-16-9-13/h2-5,10H,6-9,15H2,1H3. The van der Waals surface area contributed by atoms with Crippen molar-refractivity contribution in [2.45, 2.75) is 31.5 Å². The maximum Gasteiger partial charge on any atom is 0.161 e. The minimum absolute atomic E-state index is 0.139. The molecule has 1 aromatic carbocycles. The third kappa shape index (κ3) is 2.42. The number of benzene rings is 1. The van der Waals surface area contributed by atoms with Crippen molar-refractivity contribution >= 4 is 0 Å². The van der Waals surface area contributed by atoms with Gasteiger partial charge in [-0.15, -0.1) is 0 Å². The molecule has 1 aromatic rings. The number of ether oxygens (including phenoxy) is 1. The summed E-state index contributed by atoms with van der Waals surface area (Å²) < 4.78 is 19.4. The summed E-state index contributed by atoms with van der Waals surface area (Å²) in [6.45, 7) is 2.66. The highest BCUT2D eigenvalue weighted by Gasteiger charge is 2.36. The molecule has 1 heterocycles. The number of hydrogen-bond donors (Lipinski definition) is 1. The fourth-order valence-electron chi connectivity index (χ4n) is 2.08. The molecule has 2 unspecified atom stereocenters. The molecule has 1 fully saturated rings. The van der Waals surface area contributed by atoms with Gasteiger partial charge in [-0.3, -0.25) is 0 Å². The van der Waals surface area contributed by atoms with Crippen molar-refractivity contribution in [1.82, 2.24) is 0 Å². The van der Waals surface area contributed by atoms with Crippen molar-refractivity contribution < 1.29 is 9.13 Å². The van der Waals surface area contributed by atoms with Gasteiger partial charge in [0.1, 0.15) is 0 Å². The zero-order valence-electron chi connectivity index (χ0n) is 9.58. The van der Waals surface area contributed by atoms with Gasteiger partial charge in [0.25, 0.3) is 0 Å². The highest BCUT2D eigenvalue weighted by Crippen LogP contribution is 2.34. The highest BCUT2D eigenvalue weighted by atomic mass is 19.1. The van der Waals surface area contributed by atoms with E-state index in [2.05, 4.69) is 0 Å². The van der Waals surface area contributed by atoms with Crippen molar-refractivity contribution in [3.8, 4) is 0 Å². The maximum atomic E-state index is 14.3. The smallest absolute Gasteiger partial charge is 0.161 e. The topological polar surface area (TPSA) is 35.2 Å². The summed E-state index contributed by atoms with van der Waals surface area (Å²) in [5.74, 6) is 0. The fraction of sp³-hybridized carbons (Fsp3) is 0.538. The molecule has 0 aromatic heterocycles. The van der Waals surface area contributed by atoms with Gasteiger partial charge in [-0.1, -0.05) is 24.3 Å². The minimum atomic E-state index is -1.28. The molecule has 0 bridgehead atoms. The van der Waals surface area contributed by atoms with Crippen molar-refractivity contribution in [2.75, 3.05) is 13.2 Å². The van der Waals surface area contributed by atoms with Crippen LogP contribution in [0.15, 0.2) is 24.3 Å². The average Bonchev–Trinajstić information content (AvgIpc) is 2.66. The number of hydrogen-bond acceptors (Lipinski definition) is 2. The van der Waals surface area contributed by atoms with Crippen molar-refractivity contribution in [2.24, 2.45) is 5.73 Å². The summed E-state index contributed by atoms with van der Waals surface area (Å²) in [7, 11) is 0. The van der Waals surface area contributed by atoms with Crippen LogP contribution in [0, 0.1) is 0 Å². The Balaban J connectivity index is 2.12. The Kier molecular flexibility index (Phi) is 3.26. The van der Waals surface area contributed by atoms with Crippen LogP contribution in [0.25, 0.3) is 0 Å². The molecule has 0 spiro atoms. The molecule has 0 saturated carbocycles. The van der Waals surface area contributed by atoms with Crippen LogP contribution in [-0.2, 0) is 16.8 Å². The SMILES string of the molecule is CC(N)Cc1ccc(C2(F)CCOC2)cc1. The van der Waals surface area contributed by atoms with Crippen LogP contribution in [0.2, 0.25) is 0 Å². The van der Waals surface area contributed by atoms with Crippen molar-refractivity contribution in [3.63, 3.8) is 0 Å². The maximum absolute atomic E-state index is 14.3. The monoisotopic (exact) mass is 223 g/mol. The summed E-state index contributed by atoms with van der Waals surface area (Å²) in [5, 5.41) is 0. The van der Waals surface area contributed by atoms with Crippen LogP contribution in [0.4, 0.5) is 4.39 Å². The molecule has 16 heavy (non-hydrogen) atoms. The first-order valence-electron chi connectivity index (χ1n) is 5.72. The molecule has 1 saturated heterocycles. The van der Waals surface area contributed by atoms with Crippen LogP contribution in [-0.4, -0.2) is 19.3 Å². The third-order valence-electron chi connectivity index (χ3n) is 3.00. The molecule has 2 nitrogen and oxygen atoms in total. The first-order valence-corrected chi connectivity index (χ1v) is 5.72. The molecule has 0 amide bonds. The lowest BCUT2D eigenvalue weighted by molar-refractivity contribution is 0.112. The molecule has 0 aliphatic carbocycles. The quantitative estimate of drug-likeness (QED) is 0.852. The number of alkyl halides is 1. The van der Waals surface area contributed by atoms with Gasteiger partial charge in [-0.05, 0) is 24.5 Å². The largest absolute Gasteiger partial charge is 0.378 e. The first-order chi connectivity index (χ1) is 7.60. The Labute approximate surface area is 95.6 Å². The van der Waals surface area contributed by atoms with Crippen LogP contribution in [0.3, 0.4) is 0 Å². The first kappa shape index (κ1) is 11.6.